The van der Waals surface area contributed by atoms with E-state index in [1.165, 1.54) is 24.4 Å². The Morgan fingerprint density at radius 3 is 2.05 bits per heavy atom. The Bertz CT molecular complexity index is 2080. The zero-order valence-corrected chi connectivity index (χ0v) is 24.8. The number of hydrogen-bond donors (Lipinski definition) is 6. The molecule has 0 saturated heterocycles. The second kappa shape index (κ2) is 13.2. The third kappa shape index (κ3) is 7.52. The number of nitrogens with one attached hydrogen (secondary N) is 2. The van der Waals surface area contributed by atoms with Gasteiger partial charge in [0.2, 0.25) is 5.95 Å². The molecule has 0 aliphatic carbocycles. The van der Waals surface area contributed by atoms with Crippen molar-refractivity contribution in [3.05, 3.63) is 72.9 Å². The first-order valence-corrected chi connectivity index (χ1v) is 16.1. The highest BCUT2D eigenvalue weighted by molar-refractivity contribution is 7.95. The van der Waals surface area contributed by atoms with Gasteiger partial charge >= 0.3 is 0 Å². The van der Waals surface area contributed by atoms with Gasteiger partial charge in [-0.1, -0.05) is 22.2 Å². The molecule has 0 aliphatic heterocycles. The second-order valence-corrected chi connectivity index (χ2v) is 13.0. The highest BCUT2D eigenvalue weighted by Gasteiger charge is 2.20. The first-order valence-electron chi connectivity index (χ1n) is 11.7. The topological polar surface area (TPSA) is 236 Å². The van der Waals surface area contributed by atoms with E-state index < -0.39 is 30.0 Å². The number of rotatable bonds is 12. The SMILES string of the molecule is O=S(=O)(O)c1cc(S(=O)(=O)O)c2ccc(Nc3ccnc(Nc4ccc5c(SOOO)cc(SOOO)cc5c4)n3)cc2c1. The number of benzene rings is 4. The Morgan fingerprint density at radius 1 is 0.705 bits per heavy atom. The Hall–Kier alpha value is -3.64. The van der Waals surface area contributed by atoms with Crippen LogP contribution in [0.15, 0.2) is 92.5 Å². The van der Waals surface area contributed by atoms with Crippen molar-refractivity contribution in [3.63, 3.8) is 0 Å². The van der Waals surface area contributed by atoms with Gasteiger partial charge in [-0.05, 0) is 70.8 Å². The van der Waals surface area contributed by atoms with E-state index in [0.717, 1.165) is 30.2 Å². The van der Waals surface area contributed by atoms with E-state index in [0.29, 0.717) is 43.8 Å². The monoisotopic (exact) mass is 682 g/mol. The summed E-state index contributed by atoms with van der Waals surface area (Å²) in [5.74, 6) is 0.495. The molecule has 0 radical (unpaired) electrons. The second-order valence-electron chi connectivity index (χ2n) is 8.63. The van der Waals surface area contributed by atoms with Crippen LogP contribution in [-0.2, 0) is 39.0 Å². The van der Waals surface area contributed by atoms with Gasteiger partial charge in [0.25, 0.3) is 20.2 Å². The number of hydrogen-bond acceptors (Lipinski definition) is 16. The van der Waals surface area contributed by atoms with Crippen LogP contribution < -0.4 is 10.6 Å². The van der Waals surface area contributed by atoms with Crippen LogP contribution >= 0.6 is 24.1 Å². The van der Waals surface area contributed by atoms with E-state index in [4.69, 9.17) is 10.5 Å². The normalized spacial score (nSPS) is 12.1. The van der Waals surface area contributed by atoms with Crippen LogP contribution in [0.2, 0.25) is 0 Å². The first kappa shape index (κ1) is 31.8. The minimum Gasteiger partial charge on any atom is -0.340 e. The van der Waals surface area contributed by atoms with E-state index >= 15 is 0 Å². The maximum absolute atomic E-state index is 11.9. The molecule has 0 fully saturated rings. The quantitative estimate of drug-likeness (QED) is 0.0405. The van der Waals surface area contributed by atoms with Crippen LogP contribution in [0.25, 0.3) is 21.5 Å². The Balaban J connectivity index is 1.43. The number of aromatic nitrogens is 2. The molecule has 0 amide bonds. The van der Waals surface area contributed by atoms with Gasteiger partial charge in [0.05, 0.1) is 29.0 Å². The predicted molar refractivity (Wildman–Crippen MR) is 157 cm³/mol. The van der Waals surface area contributed by atoms with E-state index in [2.05, 4.69) is 39.3 Å². The molecule has 0 unspecified atom stereocenters. The van der Waals surface area contributed by atoms with Crippen LogP contribution in [0.5, 0.6) is 0 Å². The van der Waals surface area contributed by atoms with Crippen LogP contribution in [-0.4, -0.2) is 46.4 Å². The highest BCUT2D eigenvalue weighted by atomic mass is 32.2. The number of anilines is 4. The Labute approximate surface area is 256 Å². The molecule has 4 aromatic carbocycles. The van der Waals surface area contributed by atoms with Crippen molar-refractivity contribution in [3.8, 4) is 0 Å². The zero-order chi connectivity index (χ0) is 31.5. The Morgan fingerprint density at radius 2 is 1.36 bits per heavy atom. The van der Waals surface area contributed by atoms with Crippen molar-refractivity contribution in [1.29, 1.82) is 0 Å². The van der Waals surface area contributed by atoms with Crippen molar-refractivity contribution in [2.24, 2.45) is 0 Å². The Kier molecular flexibility index (Phi) is 9.50. The van der Waals surface area contributed by atoms with Crippen LogP contribution in [0.4, 0.5) is 23.1 Å². The van der Waals surface area contributed by atoms with Gasteiger partial charge in [0, 0.05) is 32.7 Å². The molecule has 230 valence electrons. The summed E-state index contributed by atoms with van der Waals surface area (Å²) in [6.45, 7) is 0. The fourth-order valence-electron chi connectivity index (χ4n) is 4.12. The van der Waals surface area contributed by atoms with E-state index in [-0.39, 0.29) is 16.7 Å². The summed E-state index contributed by atoms with van der Waals surface area (Å²) in [4.78, 5) is 8.28. The fraction of sp³-hybridized carbons (Fsp3) is 0. The smallest absolute Gasteiger partial charge is 0.295 e. The van der Waals surface area contributed by atoms with Crippen molar-refractivity contribution in [2.75, 3.05) is 10.6 Å². The molecular formula is C24H18N4O12S4. The lowest BCUT2D eigenvalue weighted by molar-refractivity contribution is -0.432. The van der Waals surface area contributed by atoms with Crippen molar-refractivity contribution in [2.45, 2.75) is 19.6 Å². The summed E-state index contributed by atoms with van der Waals surface area (Å²) >= 11 is 1.45. The van der Waals surface area contributed by atoms with E-state index in [1.54, 1.807) is 36.4 Å². The lowest BCUT2D eigenvalue weighted by Crippen LogP contribution is -2.05. The predicted octanol–water partition coefficient (Wildman–Crippen LogP) is 5.62. The van der Waals surface area contributed by atoms with Gasteiger partial charge in [0.15, 0.2) is 0 Å². The standard InChI is InChI=1S/C24H18N4O12S4/c29-37-39-41-17-9-13-7-16(1-3-19(13)21(11-17)42-40-38-30)27-24-25-6-5-23(28-24)26-15-2-4-20-14(8-15)10-18(43(31,32)33)12-22(20)44(34,35)36/h1-12,29-30H,(H,31,32,33)(H,34,35,36)(H2,25,26,27,28). The summed E-state index contributed by atoms with van der Waals surface area (Å²) in [7, 11) is -9.60. The summed E-state index contributed by atoms with van der Waals surface area (Å²) in [6.07, 6.45) is 1.47. The molecule has 1 heterocycles. The lowest BCUT2D eigenvalue weighted by atomic mass is 10.1. The highest BCUT2D eigenvalue weighted by Crippen LogP contribution is 2.36. The van der Waals surface area contributed by atoms with Crippen molar-refractivity contribution in [1.82, 2.24) is 9.97 Å². The van der Waals surface area contributed by atoms with Gasteiger partial charge in [-0.3, -0.25) is 9.11 Å². The molecule has 1 aromatic heterocycles. The van der Waals surface area contributed by atoms with Crippen molar-refractivity contribution >= 4 is 89.0 Å². The third-order valence-electron chi connectivity index (χ3n) is 5.85. The number of fused-ring (bicyclic) bond motifs is 2. The zero-order valence-electron chi connectivity index (χ0n) is 21.5. The molecular weight excluding hydrogens is 665 g/mol. The summed E-state index contributed by atoms with van der Waals surface area (Å²) in [6, 6.07) is 16.2. The van der Waals surface area contributed by atoms with Gasteiger partial charge in [-0.2, -0.15) is 21.8 Å². The molecule has 20 heteroatoms. The maximum atomic E-state index is 11.9. The summed E-state index contributed by atoms with van der Waals surface area (Å²) in [5, 5.41) is 32.0. The van der Waals surface area contributed by atoms with Crippen LogP contribution in [0.1, 0.15) is 0 Å². The molecule has 0 aliphatic rings. The molecule has 44 heavy (non-hydrogen) atoms. The molecule has 0 bridgehead atoms. The summed E-state index contributed by atoms with van der Waals surface area (Å²) in [5.41, 5.74) is 0.951. The summed E-state index contributed by atoms with van der Waals surface area (Å²) < 4.78 is 75.3. The average Bonchev–Trinajstić information content (AvgIpc) is 2.97. The lowest BCUT2D eigenvalue weighted by Gasteiger charge is -2.12. The molecule has 0 saturated carbocycles. The van der Waals surface area contributed by atoms with Crippen LogP contribution in [0.3, 0.4) is 0 Å². The molecule has 6 N–H and O–H groups in total. The maximum Gasteiger partial charge on any atom is 0.295 e. The molecule has 5 aromatic rings. The molecule has 0 spiro atoms. The fourth-order valence-corrected chi connectivity index (χ4v) is 6.56. The van der Waals surface area contributed by atoms with Gasteiger partial charge in [-0.15, -0.1) is 8.67 Å². The molecule has 16 nitrogen and oxygen atoms in total. The number of nitrogens with zero attached hydrogens (tertiary/aromatic N) is 2. The first-order chi connectivity index (χ1) is 20.9. The van der Waals surface area contributed by atoms with Gasteiger partial charge in [0.1, 0.15) is 10.7 Å². The van der Waals surface area contributed by atoms with Crippen LogP contribution in [0, 0.1) is 0 Å². The third-order valence-corrected chi connectivity index (χ3v) is 8.78. The van der Waals surface area contributed by atoms with Gasteiger partial charge in [-0.25, -0.2) is 15.5 Å². The van der Waals surface area contributed by atoms with E-state index in [1.807, 2.05) is 0 Å². The van der Waals surface area contributed by atoms with E-state index in [9.17, 15) is 25.9 Å². The minimum atomic E-state index is -4.82. The van der Waals surface area contributed by atoms with Crippen molar-refractivity contribution < 1.29 is 55.2 Å². The largest absolute Gasteiger partial charge is 0.340 e. The minimum absolute atomic E-state index is 0.0285. The molecule has 0 atom stereocenters. The van der Waals surface area contributed by atoms with Gasteiger partial charge < -0.3 is 10.6 Å². The molecule has 5 rings (SSSR count). The average molecular weight is 683 g/mol.